The van der Waals surface area contributed by atoms with Crippen molar-refractivity contribution in [2.75, 3.05) is 46.4 Å². The van der Waals surface area contributed by atoms with Crippen LogP contribution in [0.2, 0.25) is 0 Å². The van der Waals surface area contributed by atoms with Gasteiger partial charge in [0, 0.05) is 51.0 Å². The molecule has 2 aliphatic heterocycles. The first kappa shape index (κ1) is 26.5. The van der Waals surface area contributed by atoms with Crippen LogP contribution in [0.5, 0.6) is 0 Å². The Labute approximate surface area is 208 Å². The van der Waals surface area contributed by atoms with Gasteiger partial charge in [-0.05, 0) is 52.7 Å². The van der Waals surface area contributed by atoms with E-state index in [0.29, 0.717) is 44.0 Å². The minimum Gasteiger partial charge on any atom is -0.463 e. The topological polar surface area (TPSA) is 94.2 Å². The zero-order valence-electron chi connectivity index (χ0n) is 22.0. The van der Waals surface area contributed by atoms with E-state index in [-0.39, 0.29) is 24.2 Å². The number of piperazine rings is 1. The Hall–Kier alpha value is -3.07. The number of likely N-dealkylation sites (N-methyl/N-ethyl adjacent to an activating group) is 1. The van der Waals surface area contributed by atoms with Crippen LogP contribution in [0, 0.1) is 13.8 Å². The second kappa shape index (κ2) is 10.7. The van der Waals surface area contributed by atoms with E-state index in [1.807, 2.05) is 52.8 Å². The Morgan fingerprint density at radius 3 is 2.37 bits per heavy atom. The molecule has 9 nitrogen and oxygen atoms in total. The van der Waals surface area contributed by atoms with Gasteiger partial charge in [0.1, 0.15) is 0 Å². The van der Waals surface area contributed by atoms with Crippen molar-refractivity contribution >= 4 is 18.0 Å². The van der Waals surface area contributed by atoms with Crippen LogP contribution in [0.3, 0.4) is 0 Å². The fourth-order valence-corrected chi connectivity index (χ4v) is 4.50. The van der Waals surface area contributed by atoms with Crippen molar-refractivity contribution in [1.82, 2.24) is 25.3 Å². The lowest BCUT2D eigenvalue weighted by molar-refractivity contribution is -0.139. The molecule has 35 heavy (non-hydrogen) atoms. The molecule has 0 saturated carbocycles. The van der Waals surface area contributed by atoms with Gasteiger partial charge in [-0.25, -0.2) is 14.4 Å². The van der Waals surface area contributed by atoms with Crippen LogP contribution in [0.4, 0.5) is 9.59 Å². The predicted molar refractivity (Wildman–Crippen MR) is 135 cm³/mol. The van der Waals surface area contributed by atoms with Gasteiger partial charge in [0.25, 0.3) is 0 Å². The van der Waals surface area contributed by atoms with Crippen molar-refractivity contribution in [2.24, 2.45) is 0 Å². The van der Waals surface area contributed by atoms with E-state index in [0.717, 1.165) is 16.7 Å². The molecule has 2 heterocycles. The number of aryl methyl sites for hydroxylation is 2. The summed E-state index contributed by atoms with van der Waals surface area (Å²) in [6.45, 7) is 14.7. The number of urea groups is 2. The van der Waals surface area contributed by atoms with Gasteiger partial charge in [0.2, 0.25) is 0 Å². The molecule has 1 aromatic rings. The molecule has 1 atom stereocenters. The Morgan fingerprint density at radius 2 is 1.80 bits per heavy atom. The zero-order valence-corrected chi connectivity index (χ0v) is 22.0. The molecule has 192 valence electrons. The molecule has 1 fully saturated rings. The summed E-state index contributed by atoms with van der Waals surface area (Å²) in [7, 11) is 1.68. The van der Waals surface area contributed by atoms with Gasteiger partial charge in [0.05, 0.1) is 18.2 Å². The van der Waals surface area contributed by atoms with E-state index in [4.69, 9.17) is 4.74 Å². The number of hydrogen-bond donors (Lipinski definition) is 2. The third kappa shape index (κ3) is 6.33. The van der Waals surface area contributed by atoms with Crippen LogP contribution in [-0.4, -0.2) is 84.6 Å². The number of nitrogens with zero attached hydrogens (tertiary/aromatic N) is 3. The number of hydrogen-bond acceptors (Lipinski definition) is 5. The summed E-state index contributed by atoms with van der Waals surface area (Å²) in [6.07, 6.45) is 0. The average molecular weight is 486 g/mol. The molecular formula is C26H39N5O4. The monoisotopic (exact) mass is 485 g/mol. The SMILES string of the molecule is CCOC(=O)C1=C(CN2CCN(C(=O)NC(C)(C)C)CC2)N(C)C(=O)N[C@@H]1c1ccc(C)cc1C. The first-order chi connectivity index (χ1) is 16.4. The summed E-state index contributed by atoms with van der Waals surface area (Å²) in [5.74, 6) is -0.428. The Kier molecular flexibility index (Phi) is 8.10. The van der Waals surface area contributed by atoms with Crippen LogP contribution in [0.1, 0.15) is 50.4 Å². The highest BCUT2D eigenvalue weighted by molar-refractivity contribution is 5.95. The molecule has 0 aliphatic carbocycles. The maximum absolute atomic E-state index is 13.2. The largest absolute Gasteiger partial charge is 0.463 e. The molecule has 3 rings (SSSR count). The zero-order chi connectivity index (χ0) is 25.9. The number of ether oxygens (including phenoxy) is 1. The molecule has 9 heteroatoms. The minimum absolute atomic E-state index is 0.0762. The molecule has 1 aromatic carbocycles. The van der Waals surface area contributed by atoms with Gasteiger partial charge in [-0.2, -0.15) is 0 Å². The van der Waals surface area contributed by atoms with E-state index in [1.54, 1.807) is 18.9 Å². The van der Waals surface area contributed by atoms with Crippen molar-refractivity contribution < 1.29 is 19.1 Å². The summed E-state index contributed by atoms with van der Waals surface area (Å²) < 4.78 is 5.44. The lowest BCUT2D eigenvalue weighted by Gasteiger charge is -2.40. The first-order valence-corrected chi connectivity index (χ1v) is 12.2. The van der Waals surface area contributed by atoms with Gasteiger partial charge >= 0.3 is 18.0 Å². The molecule has 0 spiro atoms. The summed E-state index contributed by atoms with van der Waals surface area (Å²) in [4.78, 5) is 44.2. The Morgan fingerprint density at radius 1 is 1.14 bits per heavy atom. The molecule has 2 aliphatic rings. The number of nitrogens with one attached hydrogen (secondary N) is 2. The summed E-state index contributed by atoms with van der Waals surface area (Å²) in [6, 6.07) is 5.06. The Balaban J connectivity index is 1.88. The van der Waals surface area contributed by atoms with Gasteiger partial charge in [-0.1, -0.05) is 23.8 Å². The van der Waals surface area contributed by atoms with Gasteiger partial charge in [0.15, 0.2) is 0 Å². The van der Waals surface area contributed by atoms with E-state index >= 15 is 0 Å². The van der Waals surface area contributed by atoms with Crippen LogP contribution in [0.15, 0.2) is 29.5 Å². The van der Waals surface area contributed by atoms with Crippen molar-refractivity contribution in [3.05, 3.63) is 46.2 Å². The van der Waals surface area contributed by atoms with Crippen molar-refractivity contribution in [1.29, 1.82) is 0 Å². The lowest BCUT2D eigenvalue weighted by Crippen LogP contribution is -2.56. The molecule has 4 amide bonds. The molecule has 1 saturated heterocycles. The molecule has 0 bridgehead atoms. The molecule has 0 aromatic heterocycles. The molecular weight excluding hydrogens is 446 g/mol. The van der Waals surface area contributed by atoms with E-state index in [2.05, 4.69) is 15.5 Å². The highest BCUT2D eigenvalue weighted by Crippen LogP contribution is 2.33. The molecule has 0 radical (unpaired) electrons. The predicted octanol–water partition coefficient (Wildman–Crippen LogP) is 2.94. The minimum atomic E-state index is -0.591. The van der Waals surface area contributed by atoms with Crippen molar-refractivity contribution in [3.63, 3.8) is 0 Å². The quantitative estimate of drug-likeness (QED) is 0.626. The van der Waals surface area contributed by atoms with Crippen LogP contribution < -0.4 is 10.6 Å². The third-order valence-electron chi connectivity index (χ3n) is 6.32. The number of amides is 4. The number of carbonyl (C=O) groups is 3. The average Bonchev–Trinajstić information content (AvgIpc) is 2.76. The van der Waals surface area contributed by atoms with Crippen LogP contribution in [0.25, 0.3) is 0 Å². The lowest BCUT2D eigenvalue weighted by atomic mass is 9.90. The fraction of sp³-hybridized carbons (Fsp3) is 0.577. The van der Waals surface area contributed by atoms with Gasteiger partial charge in [-0.15, -0.1) is 0 Å². The number of carbonyl (C=O) groups excluding carboxylic acids is 3. The normalized spacial score (nSPS) is 19.5. The fourth-order valence-electron chi connectivity index (χ4n) is 4.50. The smallest absolute Gasteiger partial charge is 0.338 e. The maximum atomic E-state index is 13.2. The number of esters is 1. The number of benzene rings is 1. The van der Waals surface area contributed by atoms with Crippen molar-refractivity contribution in [2.45, 2.75) is 53.1 Å². The van der Waals surface area contributed by atoms with Crippen LogP contribution in [-0.2, 0) is 9.53 Å². The third-order valence-corrected chi connectivity index (χ3v) is 6.32. The highest BCUT2D eigenvalue weighted by Gasteiger charge is 2.38. The summed E-state index contributed by atoms with van der Waals surface area (Å²) >= 11 is 0. The van der Waals surface area contributed by atoms with E-state index < -0.39 is 12.0 Å². The number of rotatable bonds is 5. The van der Waals surface area contributed by atoms with Crippen LogP contribution >= 0.6 is 0 Å². The first-order valence-electron chi connectivity index (χ1n) is 12.2. The van der Waals surface area contributed by atoms with Gasteiger partial charge < -0.3 is 20.3 Å². The maximum Gasteiger partial charge on any atom is 0.338 e. The second-order valence-corrected chi connectivity index (χ2v) is 10.3. The highest BCUT2D eigenvalue weighted by atomic mass is 16.5. The second-order valence-electron chi connectivity index (χ2n) is 10.3. The summed E-state index contributed by atoms with van der Waals surface area (Å²) in [5.41, 5.74) is 3.77. The van der Waals surface area contributed by atoms with E-state index in [9.17, 15) is 14.4 Å². The Bertz CT molecular complexity index is 1010. The van der Waals surface area contributed by atoms with E-state index in [1.165, 1.54) is 4.90 Å². The molecule has 2 N–H and O–H groups in total. The summed E-state index contributed by atoms with van der Waals surface area (Å²) in [5, 5.41) is 6.00. The molecule has 0 unspecified atom stereocenters. The van der Waals surface area contributed by atoms with Gasteiger partial charge in [-0.3, -0.25) is 9.80 Å². The standard InChI is InChI=1S/C26H39N5O4/c1-8-35-23(32)21-20(16-30-11-13-31(14-12-30)25(34)28-26(4,5)6)29(7)24(33)27-22(21)19-10-9-17(2)15-18(19)3/h9-10,15,22H,8,11-14,16H2,1-7H3,(H,27,33)(H,28,34)/t22-/m1/s1. The van der Waals surface area contributed by atoms with Crippen molar-refractivity contribution in [3.8, 4) is 0 Å².